The van der Waals surface area contributed by atoms with Crippen LogP contribution in [0.25, 0.3) is 0 Å². The molecule has 2 N–H and O–H groups in total. The molecule has 0 aromatic heterocycles. The van der Waals surface area contributed by atoms with Gasteiger partial charge in [0, 0.05) is 6.04 Å². The summed E-state index contributed by atoms with van der Waals surface area (Å²) in [6.07, 6.45) is 1.71. The molecule has 0 bridgehead atoms. The minimum Gasteiger partial charge on any atom is -0.481 e. The van der Waals surface area contributed by atoms with Crippen LogP contribution < -0.4 is 5.32 Å². The summed E-state index contributed by atoms with van der Waals surface area (Å²) >= 11 is 0. The van der Waals surface area contributed by atoms with Crippen LogP contribution in [0.1, 0.15) is 30.0 Å². The molecule has 3 heteroatoms. The van der Waals surface area contributed by atoms with Gasteiger partial charge in [-0.3, -0.25) is 4.79 Å². The number of carbonyl (C=O) groups is 1. The first kappa shape index (κ1) is 11.1. The van der Waals surface area contributed by atoms with E-state index in [0.29, 0.717) is 0 Å². The Bertz CT molecular complexity index is 389. The Labute approximate surface area is 95.5 Å². The van der Waals surface area contributed by atoms with Crippen molar-refractivity contribution in [3.63, 3.8) is 0 Å². The molecule has 1 saturated heterocycles. The highest BCUT2D eigenvalue weighted by atomic mass is 16.4. The molecule has 0 spiro atoms. The average molecular weight is 219 g/mol. The second kappa shape index (κ2) is 4.66. The molecule has 1 aromatic rings. The van der Waals surface area contributed by atoms with E-state index < -0.39 is 5.97 Å². The molecule has 0 radical (unpaired) electrons. The second-order valence-corrected chi connectivity index (χ2v) is 4.38. The van der Waals surface area contributed by atoms with Crippen molar-refractivity contribution in [3.05, 3.63) is 35.4 Å². The molecule has 1 aromatic carbocycles. The third-order valence-corrected chi connectivity index (χ3v) is 3.30. The lowest BCUT2D eigenvalue weighted by Gasteiger charge is -2.31. The van der Waals surface area contributed by atoms with E-state index in [9.17, 15) is 9.90 Å². The summed E-state index contributed by atoms with van der Waals surface area (Å²) in [6, 6.07) is 7.97. The number of rotatable bonds is 2. The van der Waals surface area contributed by atoms with Crippen molar-refractivity contribution < 1.29 is 9.90 Å². The molecule has 16 heavy (non-hydrogen) atoms. The number of hydrogen-bond donors (Lipinski definition) is 2. The van der Waals surface area contributed by atoms with Crippen LogP contribution in [0, 0.1) is 12.8 Å². The summed E-state index contributed by atoms with van der Waals surface area (Å²) in [7, 11) is 0. The molecule has 0 saturated carbocycles. The fraction of sp³-hybridized carbons (Fsp3) is 0.462. The van der Waals surface area contributed by atoms with Gasteiger partial charge in [0.25, 0.3) is 0 Å². The summed E-state index contributed by atoms with van der Waals surface area (Å²) in [4.78, 5) is 11.2. The largest absolute Gasteiger partial charge is 0.481 e. The van der Waals surface area contributed by atoms with Gasteiger partial charge >= 0.3 is 5.97 Å². The van der Waals surface area contributed by atoms with E-state index >= 15 is 0 Å². The molecule has 1 heterocycles. The van der Waals surface area contributed by atoms with E-state index in [2.05, 4.69) is 5.32 Å². The maximum absolute atomic E-state index is 11.2. The van der Waals surface area contributed by atoms with Gasteiger partial charge in [-0.1, -0.05) is 24.3 Å². The molecule has 1 aliphatic rings. The number of piperidine rings is 1. The Hall–Kier alpha value is -1.35. The zero-order valence-electron chi connectivity index (χ0n) is 9.44. The van der Waals surface area contributed by atoms with Gasteiger partial charge < -0.3 is 10.4 Å². The van der Waals surface area contributed by atoms with E-state index in [1.807, 2.05) is 31.2 Å². The molecular weight excluding hydrogens is 202 g/mol. The van der Waals surface area contributed by atoms with Crippen molar-refractivity contribution >= 4 is 5.97 Å². The zero-order chi connectivity index (χ0) is 11.5. The Kier molecular flexibility index (Phi) is 3.25. The lowest BCUT2D eigenvalue weighted by Crippen LogP contribution is -2.38. The number of nitrogens with one attached hydrogen (secondary N) is 1. The van der Waals surface area contributed by atoms with E-state index in [0.717, 1.165) is 30.5 Å². The second-order valence-electron chi connectivity index (χ2n) is 4.38. The van der Waals surface area contributed by atoms with Gasteiger partial charge in [-0.2, -0.15) is 0 Å². The minimum absolute atomic E-state index is 0.0348. The maximum atomic E-state index is 11.2. The normalized spacial score (nSPS) is 25.3. The molecule has 0 aliphatic carbocycles. The van der Waals surface area contributed by atoms with Crippen LogP contribution in [0.4, 0.5) is 0 Å². The lowest BCUT2D eigenvalue weighted by atomic mass is 9.85. The van der Waals surface area contributed by atoms with Crippen molar-refractivity contribution in [1.82, 2.24) is 5.32 Å². The van der Waals surface area contributed by atoms with Crippen molar-refractivity contribution in [2.24, 2.45) is 5.92 Å². The average Bonchev–Trinajstić information content (AvgIpc) is 2.29. The highest BCUT2D eigenvalue weighted by Gasteiger charge is 2.32. The third kappa shape index (κ3) is 2.09. The SMILES string of the molecule is Cc1ccccc1C1NCCCC1C(=O)O. The summed E-state index contributed by atoms with van der Waals surface area (Å²) in [6.45, 7) is 2.94. The number of hydrogen-bond acceptors (Lipinski definition) is 2. The Morgan fingerprint density at radius 3 is 2.88 bits per heavy atom. The van der Waals surface area contributed by atoms with Gasteiger partial charge in [-0.15, -0.1) is 0 Å². The molecular formula is C13H17NO2. The fourth-order valence-electron chi connectivity index (χ4n) is 2.42. The number of benzene rings is 1. The Morgan fingerprint density at radius 2 is 2.19 bits per heavy atom. The molecule has 1 aliphatic heterocycles. The molecule has 3 nitrogen and oxygen atoms in total. The van der Waals surface area contributed by atoms with E-state index in [4.69, 9.17) is 0 Å². The summed E-state index contributed by atoms with van der Waals surface area (Å²) in [5.41, 5.74) is 2.28. The van der Waals surface area contributed by atoms with Crippen LogP contribution in [0.2, 0.25) is 0 Å². The van der Waals surface area contributed by atoms with Crippen molar-refractivity contribution in [2.45, 2.75) is 25.8 Å². The zero-order valence-corrected chi connectivity index (χ0v) is 9.44. The summed E-state index contributed by atoms with van der Waals surface area (Å²) in [5, 5.41) is 12.5. The van der Waals surface area contributed by atoms with Gasteiger partial charge in [-0.25, -0.2) is 0 Å². The van der Waals surface area contributed by atoms with Crippen molar-refractivity contribution in [3.8, 4) is 0 Å². The molecule has 2 unspecified atom stereocenters. The summed E-state index contributed by atoms with van der Waals surface area (Å²) < 4.78 is 0. The quantitative estimate of drug-likeness (QED) is 0.801. The van der Waals surface area contributed by atoms with Gasteiger partial charge in [-0.05, 0) is 37.4 Å². The van der Waals surface area contributed by atoms with E-state index in [1.54, 1.807) is 0 Å². The lowest BCUT2D eigenvalue weighted by molar-refractivity contribution is -0.143. The number of aliphatic carboxylic acids is 1. The van der Waals surface area contributed by atoms with E-state index in [1.165, 1.54) is 0 Å². The van der Waals surface area contributed by atoms with Crippen LogP contribution >= 0.6 is 0 Å². The molecule has 86 valence electrons. The molecule has 2 rings (SSSR count). The molecule has 2 atom stereocenters. The number of carboxylic acid groups (broad SMARTS) is 1. The Balaban J connectivity index is 2.30. The topological polar surface area (TPSA) is 49.3 Å². The van der Waals surface area contributed by atoms with Gasteiger partial charge in [0.15, 0.2) is 0 Å². The van der Waals surface area contributed by atoms with Crippen molar-refractivity contribution in [2.75, 3.05) is 6.54 Å². The smallest absolute Gasteiger partial charge is 0.308 e. The highest BCUT2D eigenvalue weighted by Crippen LogP contribution is 2.31. The number of carboxylic acids is 1. The first-order valence-corrected chi connectivity index (χ1v) is 5.72. The van der Waals surface area contributed by atoms with Gasteiger partial charge in [0.05, 0.1) is 5.92 Å². The highest BCUT2D eigenvalue weighted by molar-refractivity contribution is 5.71. The summed E-state index contributed by atoms with van der Waals surface area (Å²) in [5.74, 6) is -0.990. The van der Waals surface area contributed by atoms with Crippen LogP contribution in [-0.2, 0) is 4.79 Å². The molecule has 1 fully saturated rings. The van der Waals surface area contributed by atoms with Crippen LogP contribution in [0.3, 0.4) is 0 Å². The minimum atomic E-state index is -0.694. The molecule has 0 amide bonds. The monoisotopic (exact) mass is 219 g/mol. The van der Waals surface area contributed by atoms with E-state index in [-0.39, 0.29) is 12.0 Å². The van der Waals surface area contributed by atoms with Crippen LogP contribution in [0.15, 0.2) is 24.3 Å². The van der Waals surface area contributed by atoms with Crippen LogP contribution in [0.5, 0.6) is 0 Å². The maximum Gasteiger partial charge on any atom is 0.308 e. The third-order valence-electron chi connectivity index (χ3n) is 3.30. The van der Waals surface area contributed by atoms with Crippen LogP contribution in [-0.4, -0.2) is 17.6 Å². The fourth-order valence-corrected chi connectivity index (χ4v) is 2.42. The predicted molar refractivity (Wildman–Crippen MR) is 62.3 cm³/mol. The standard InChI is InChI=1S/C13H17NO2/c1-9-5-2-3-6-10(9)12-11(13(15)16)7-4-8-14-12/h2-3,5-6,11-12,14H,4,7-8H2,1H3,(H,15,16). The predicted octanol–water partition coefficient (Wildman–Crippen LogP) is 2.12. The Morgan fingerprint density at radius 1 is 1.44 bits per heavy atom. The van der Waals surface area contributed by atoms with Gasteiger partial charge in [0.1, 0.15) is 0 Å². The first-order chi connectivity index (χ1) is 7.70. The van der Waals surface area contributed by atoms with Crippen molar-refractivity contribution in [1.29, 1.82) is 0 Å². The number of aryl methyl sites for hydroxylation is 1. The van der Waals surface area contributed by atoms with Gasteiger partial charge in [0.2, 0.25) is 0 Å². The first-order valence-electron chi connectivity index (χ1n) is 5.72.